The van der Waals surface area contributed by atoms with E-state index in [4.69, 9.17) is 11.6 Å². The van der Waals surface area contributed by atoms with Crippen molar-refractivity contribution in [3.63, 3.8) is 0 Å². The maximum absolute atomic E-state index is 13.9. The first kappa shape index (κ1) is 16.0. The first-order valence-electron chi connectivity index (χ1n) is 6.39. The maximum Gasteiger partial charge on any atom is 0.341 e. The van der Waals surface area contributed by atoms with Gasteiger partial charge in [-0.1, -0.05) is 17.7 Å². The lowest BCUT2D eigenvalue weighted by Crippen LogP contribution is -2.07. The molecule has 1 heterocycles. The third-order valence-electron chi connectivity index (χ3n) is 3.26. The molecule has 0 saturated heterocycles. The van der Waals surface area contributed by atoms with Gasteiger partial charge >= 0.3 is 5.97 Å². The number of halogens is 2. The summed E-state index contributed by atoms with van der Waals surface area (Å²) in [6.45, 7) is 3.02. The van der Waals surface area contributed by atoms with Gasteiger partial charge in [0.25, 0.3) is 0 Å². The van der Waals surface area contributed by atoms with Crippen LogP contribution < -0.4 is 5.32 Å². The molecule has 0 unspecified atom stereocenters. The van der Waals surface area contributed by atoms with Gasteiger partial charge in [0.15, 0.2) is 5.78 Å². The molecule has 1 aromatic heterocycles. The molecule has 0 aliphatic rings. The second-order valence-electron chi connectivity index (χ2n) is 4.91. The molecular weight excluding hydrogens is 311 g/mol. The van der Waals surface area contributed by atoms with Crippen LogP contribution in [0.1, 0.15) is 33.3 Å². The molecule has 0 spiro atoms. The molecule has 0 aliphatic heterocycles. The predicted molar refractivity (Wildman–Crippen MR) is 81.8 cm³/mol. The molecular formula is C15H14ClFN2O3. The number of carboxylic acid groups (broad SMARTS) is 1. The minimum atomic E-state index is -1.30. The SMILES string of the molecule is CC(=O)c1c(Cl)c(C(=O)O)c(Nc2ccc(C)cc2F)n1C. The van der Waals surface area contributed by atoms with Crippen LogP contribution in [0.2, 0.25) is 5.02 Å². The van der Waals surface area contributed by atoms with Gasteiger partial charge in [0.2, 0.25) is 0 Å². The average molecular weight is 325 g/mol. The van der Waals surface area contributed by atoms with Gasteiger partial charge in [-0.25, -0.2) is 9.18 Å². The number of rotatable bonds is 4. The molecule has 1 aromatic carbocycles. The third kappa shape index (κ3) is 2.69. The largest absolute Gasteiger partial charge is 0.478 e. The van der Waals surface area contributed by atoms with Gasteiger partial charge in [-0.3, -0.25) is 4.79 Å². The number of carboxylic acids is 1. The fraction of sp³-hybridized carbons (Fsp3) is 0.200. The van der Waals surface area contributed by atoms with E-state index >= 15 is 0 Å². The van der Waals surface area contributed by atoms with Gasteiger partial charge in [-0.15, -0.1) is 0 Å². The zero-order valence-electron chi connectivity index (χ0n) is 12.2. The minimum absolute atomic E-state index is 0.0467. The molecule has 2 N–H and O–H groups in total. The van der Waals surface area contributed by atoms with Gasteiger partial charge < -0.3 is 15.0 Å². The van der Waals surface area contributed by atoms with E-state index in [0.29, 0.717) is 0 Å². The Bertz CT molecular complexity index is 784. The van der Waals surface area contributed by atoms with Crippen molar-refractivity contribution in [2.24, 2.45) is 7.05 Å². The van der Waals surface area contributed by atoms with Crippen LogP contribution in [0.3, 0.4) is 0 Å². The monoisotopic (exact) mass is 324 g/mol. The van der Waals surface area contributed by atoms with Crippen LogP contribution in [-0.4, -0.2) is 21.4 Å². The highest BCUT2D eigenvalue weighted by Gasteiger charge is 2.27. The summed E-state index contributed by atoms with van der Waals surface area (Å²) >= 11 is 6.00. The molecule has 0 bridgehead atoms. The van der Waals surface area contributed by atoms with E-state index < -0.39 is 11.8 Å². The normalized spacial score (nSPS) is 10.6. The van der Waals surface area contributed by atoms with Crippen molar-refractivity contribution in [1.82, 2.24) is 4.57 Å². The number of carbonyl (C=O) groups is 2. The molecule has 0 fully saturated rings. The number of hydrogen-bond donors (Lipinski definition) is 2. The number of nitrogens with one attached hydrogen (secondary N) is 1. The van der Waals surface area contributed by atoms with Crippen LogP contribution in [0.15, 0.2) is 18.2 Å². The highest BCUT2D eigenvalue weighted by Crippen LogP contribution is 2.34. The van der Waals surface area contributed by atoms with Gasteiger partial charge in [-0.05, 0) is 24.6 Å². The summed E-state index contributed by atoms with van der Waals surface area (Å²) in [4.78, 5) is 23.1. The van der Waals surface area contributed by atoms with Crippen molar-refractivity contribution in [2.75, 3.05) is 5.32 Å². The van der Waals surface area contributed by atoms with Crippen molar-refractivity contribution >= 4 is 34.9 Å². The molecule has 2 aromatic rings. The summed E-state index contributed by atoms with van der Waals surface area (Å²) < 4.78 is 15.3. The van der Waals surface area contributed by atoms with Gasteiger partial charge in [0, 0.05) is 14.0 Å². The molecule has 2 rings (SSSR count). The van der Waals surface area contributed by atoms with Crippen LogP contribution in [-0.2, 0) is 7.05 Å². The number of aromatic nitrogens is 1. The Labute approximate surface area is 131 Å². The Morgan fingerprint density at radius 1 is 1.36 bits per heavy atom. The summed E-state index contributed by atoms with van der Waals surface area (Å²) in [7, 11) is 1.49. The highest BCUT2D eigenvalue weighted by atomic mass is 35.5. The number of Topliss-reactive ketones (excluding diaryl/α,β-unsaturated/α-hetero) is 1. The summed E-state index contributed by atoms with van der Waals surface area (Å²) in [6.07, 6.45) is 0. The van der Waals surface area contributed by atoms with Gasteiger partial charge in [-0.2, -0.15) is 0 Å². The van der Waals surface area contributed by atoms with Crippen molar-refractivity contribution in [2.45, 2.75) is 13.8 Å². The Morgan fingerprint density at radius 3 is 2.50 bits per heavy atom. The number of hydrogen-bond acceptors (Lipinski definition) is 3. The fourth-order valence-corrected chi connectivity index (χ4v) is 2.66. The Balaban J connectivity index is 2.62. The van der Waals surface area contributed by atoms with E-state index in [-0.39, 0.29) is 33.6 Å². The van der Waals surface area contributed by atoms with E-state index in [1.165, 1.54) is 30.7 Å². The van der Waals surface area contributed by atoms with Crippen molar-refractivity contribution in [1.29, 1.82) is 0 Å². The topological polar surface area (TPSA) is 71.3 Å². The second-order valence-corrected chi connectivity index (χ2v) is 5.29. The van der Waals surface area contributed by atoms with E-state index in [0.717, 1.165) is 5.56 Å². The number of ketones is 1. The molecule has 0 radical (unpaired) electrons. The second kappa shape index (κ2) is 5.81. The molecule has 0 amide bonds. The van der Waals surface area contributed by atoms with Gasteiger partial charge in [0.05, 0.1) is 10.7 Å². The Morgan fingerprint density at radius 2 is 2.00 bits per heavy atom. The maximum atomic E-state index is 13.9. The first-order valence-corrected chi connectivity index (χ1v) is 6.77. The number of aromatic carboxylic acids is 1. The van der Waals surface area contributed by atoms with E-state index in [1.54, 1.807) is 13.0 Å². The molecule has 0 aliphatic carbocycles. The fourth-order valence-electron chi connectivity index (χ4n) is 2.23. The minimum Gasteiger partial charge on any atom is -0.478 e. The first-order chi connectivity index (χ1) is 10.2. The molecule has 116 valence electrons. The lowest BCUT2D eigenvalue weighted by atomic mass is 10.2. The zero-order chi connectivity index (χ0) is 16.6. The Kier molecular flexibility index (Phi) is 4.23. The van der Waals surface area contributed by atoms with Crippen molar-refractivity contribution < 1.29 is 19.1 Å². The van der Waals surface area contributed by atoms with Crippen molar-refractivity contribution in [3.05, 3.63) is 45.9 Å². The molecule has 7 heteroatoms. The predicted octanol–water partition coefficient (Wildman–Crippen LogP) is 3.77. The highest BCUT2D eigenvalue weighted by molar-refractivity contribution is 6.37. The van der Waals surface area contributed by atoms with Gasteiger partial charge in [0.1, 0.15) is 22.9 Å². The number of nitrogens with zero attached hydrogens (tertiary/aromatic N) is 1. The van der Waals surface area contributed by atoms with Crippen molar-refractivity contribution in [3.8, 4) is 0 Å². The van der Waals surface area contributed by atoms with Crippen LogP contribution in [0, 0.1) is 12.7 Å². The summed E-state index contributed by atoms with van der Waals surface area (Å²) in [5, 5.41) is 11.8. The molecule has 5 nitrogen and oxygen atoms in total. The van der Waals surface area contributed by atoms with Crippen LogP contribution in [0.4, 0.5) is 15.9 Å². The van der Waals surface area contributed by atoms with Crippen LogP contribution in [0.25, 0.3) is 0 Å². The summed E-state index contributed by atoms with van der Waals surface area (Å²) in [6, 6.07) is 4.49. The summed E-state index contributed by atoms with van der Waals surface area (Å²) in [5.41, 5.74) is 0.611. The van der Waals surface area contributed by atoms with E-state index in [2.05, 4.69) is 5.32 Å². The molecule has 0 saturated carbocycles. The van der Waals surface area contributed by atoms with E-state index in [9.17, 15) is 19.1 Å². The molecule has 22 heavy (non-hydrogen) atoms. The number of carbonyl (C=O) groups excluding carboxylic acids is 1. The zero-order valence-corrected chi connectivity index (χ0v) is 13.0. The number of anilines is 2. The van der Waals surface area contributed by atoms with Crippen LogP contribution >= 0.6 is 11.6 Å². The lowest BCUT2D eigenvalue weighted by Gasteiger charge is -2.11. The lowest BCUT2D eigenvalue weighted by molar-refractivity contribution is 0.0698. The van der Waals surface area contributed by atoms with E-state index in [1.807, 2.05) is 0 Å². The average Bonchev–Trinajstić information content (AvgIpc) is 2.64. The third-order valence-corrected chi connectivity index (χ3v) is 3.63. The molecule has 0 atom stereocenters. The summed E-state index contributed by atoms with van der Waals surface area (Å²) in [5.74, 6) is -2.17. The van der Waals surface area contributed by atoms with Crippen LogP contribution in [0.5, 0.6) is 0 Å². The quantitative estimate of drug-likeness (QED) is 0.840. The Hall–Kier alpha value is -2.34. The number of benzene rings is 1. The standard InChI is InChI=1S/C15H14ClFN2O3/c1-7-4-5-10(9(17)6-7)18-14-11(15(21)22)12(16)13(8(2)20)19(14)3/h4-6,18H,1-3H3,(H,21,22). The smallest absolute Gasteiger partial charge is 0.341 e. The number of aryl methyl sites for hydroxylation is 1.